The lowest BCUT2D eigenvalue weighted by Gasteiger charge is -2.32. The number of pyridine rings is 1. The van der Waals surface area contributed by atoms with Crippen LogP contribution in [0.2, 0.25) is 0 Å². The van der Waals surface area contributed by atoms with Gasteiger partial charge in [0.25, 0.3) is 0 Å². The van der Waals surface area contributed by atoms with Gasteiger partial charge in [-0.3, -0.25) is 20.4 Å². The first-order valence-corrected chi connectivity index (χ1v) is 11.6. The van der Waals surface area contributed by atoms with Gasteiger partial charge in [-0.1, -0.05) is 12.1 Å². The van der Waals surface area contributed by atoms with Crippen molar-refractivity contribution in [2.24, 2.45) is 5.92 Å². The number of carbonyl (C=O) groups is 1. The summed E-state index contributed by atoms with van der Waals surface area (Å²) < 4.78 is 15.7. The van der Waals surface area contributed by atoms with Crippen molar-refractivity contribution >= 4 is 23.1 Å². The maximum Gasteiger partial charge on any atom is 0.228 e. The van der Waals surface area contributed by atoms with Crippen LogP contribution < -0.4 is 10.2 Å². The lowest BCUT2D eigenvalue weighted by molar-refractivity contribution is -0.119. The molecule has 2 saturated heterocycles. The maximum absolute atomic E-state index is 13.9. The van der Waals surface area contributed by atoms with Crippen molar-refractivity contribution in [3.63, 3.8) is 0 Å². The van der Waals surface area contributed by atoms with Crippen LogP contribution in [0.5, 0.6) is 0 Å². The van der Waals surface area contributed by atoms with Gasteiger partial charge in [0.15, 0.2) is 0 Å². The zero-order chi connectivity index (χ0) is 22.9. The Hall–Kier alpha value is -3.26. The Morgan fingerprint density at radius 2 is 2.03 bits per heavy atom. The van der Waals surface area contributed by atoms with E-state index in [-0.39, 0.29) is 17.7 Å². The molecule has 0 saturated carbocycles. The number of aromatic nitrogens is 2. The molecule has 1 aromatic carbocycles. The molecule has 1 amide bonds. The molecule has 8 heteroatoms. The first-order valence-electron chi connectivity index (χ1n) is 11.6. The Balaban J connectivity index is 1.23. The Morgan fingerprint density at radius 1 is 1.21 bits per heavy atom. The predicted octanol–water partition coefficient (Wildman–Crippen LogP) is 3.50. The van der Waals surface area contributed by atoms with Crippen molar-refractivity contribution in [2.75, 3.05) is 24.5 Å². The Kier molecular flexibility index (Phi) is 5.85. The maximum atomic E-state index is 13.9. The minimum absolute atomic E-state index is 0.104. The Labute approximate surface area is 192 Å². The van der Waals surface area contributed by atoms with Gasteiger partial charge in [0.1, 0.15) is 5.82 Å². The van der Waals surface area contributed by atoms with Crippen LogP contribution in [0.15, 0.2) is 42.7 Å². The highest BCUT2D eigenvalue weighted by molar-refractivity contribution is 6.08. The summed E-state index contributed by atoms with van der Waals surface area (Å²) in [6, 6.07) is 9.63. The minimum atomic E-state index is -0.126. The number of likely N-dealkylation sites (tertiary alicyclic amines) is 1. The van der Waals surface area contributed by atoms with E-state index in [0.29, 0.717) is 18.9 Å². The number of piperidine rings is 1. The second-order valence-electron chi connectivity index (χ2n) is 9.14. The van der Waals surface area contributed by atoms with Gasteiger partial charge in [-0.05, 0) is 80.1 Å². The van der Waals surface area contributed by atoms with Crippen molar-refractivity contribution in [3.05, 3.63) is 65.2 Å². The quantitative estimate of drug-likeness (QED) is 0.626. The van der Waals surface area contributed by atoms with Gasteiger partial charge < -0.3 is 4.90 Å². The monoisotopic (exact) mass is 448 g/mol. The number of rotatable bonds is 5. The zero-order valence-corrected chi connectivity index (χ0v) is 18.9. The summed E-state index contributed by atoms with van der Waals surface area (Å²) in [5, 5.41) is 15.2. The highest BCUT2D eigenvalue weighted by Gasteiger charge is 2.25. The third-order valence-corrected chi connectivity index (χ3v) is 6.95. The summed E-state index contributed by atoms with van der Waals surface area (Å²) in [6.07, 6.45) is 7.35. The molecule has 0 spiro atoms. The van der Waals surface area contributed by atoms with Gasteiger partial charge >= 0.3 is 0 Å². The van der Waals surface area contributed by atoms with Crippen LogP contribution in [-0.2, 0) is 17.8 Å². The van der Waals surface area contributed by atoms with Crippen LogP contribution in [0.1, 0.15) is 36.0 Å². The second-order valence-corrected chi connectivity index (χ2v) is 9.14. The molecule has 0 bridgehead atoms. The van der Waals surface area contributed by atoms with Crippen molar-refractivity contribution < 1.29 is 9.18 Å². The first-order chi connectivity index (χ1) is 16.0. The number of halogens is 1. The number of fused-ring (bicyclic) bond motifs is 1. The Morgan fingerprint density at radius 3 is 2.82 bits per heavy atom. The number of guanidine groups is 1. The molecule has 2 fully saturated rings. The zero-order valence-electron chi connectivity index (χ0n) is 18.9. The predicted molar refractivity (Wildman–Crippen MR) is 126 cm³/mol. The lowest BCUT2D eigenvalue weighted by Crippen LogP contribution is -2.50. The molecule has 0 radical (unpaired) electrons. The van der Waals surface area contributed by atoms with Crippen LogP contribution in [0.25, 0.3) is 5.52 Å². The van der Waals surface area contributed by atoms with Gasteiger partial charge in [-0.2, -0.15) is 5.10 Å². The number of benzene rings is 1. The fourth-order valence-corrected chi connectivity index (χ4v) is 4.92. The third-order valence-electron chi connectivity index (χ3n) is 6.95. The highest BCUT2D eigenvalue weighted by Crippen LogP contribution is 2.27. The molecule has 0 atom stereocenters. The van der Waals surface area contributed by atoms with Gasteiger partial charge in [0.05, 0.1) is 17.4 Å². The number of carbonyl (C=O) groups excluding carboxylic acids is 1. The van der Waals surface area contributed by atoms with E-state index in [2.05, 4.69) is 27.4 Å². The summed E-state index contributed by atoms with van der Waals surface area (Å²) >= 11 is 0. The van der Waals surface area contributed by atoms with Gasteiger partial charge in [0.2, 0.25) is 11.9 Å². The molecule has 0 unspecified atom stereocenters. The standard InChI is InChI=1S/C25H29FN6O/c1-17-20(3-2-4-21(17)26)16-30-9-5-18(6-10-30)13-19-7-12-32-22(14-19)23(15-28-32)31-11-8-24(33)29-25(31)27/h2-4,7,12,14-15,18H,5-6,8-11,13,16H2,1H3,(H2,27,29,33). The first kappa shape index (κ1) is 21.6. The average molecular weight is 449 g/mol. The fraction of sp³-hybridized carbons (Fsp3) is 0.400. The van der Waals surface area contributed by atoms with E-state index in [1.165, 1.54) is 11.6 Å². The number of nitrogens with zero attached hydrogens (tertiary/aromatic N) is 4. The smallest absolute Gasteiger partial charge is 0.228 e. The van der Waals surface area contributed by atoms with E-state index in [1.807, 2.05) is 23.7 Å². The van der Waals surface area contributed by atoms with E-state index in [4.69, 9.17) is 5.41 Å². The van der Waals surface area contributed by atoms with Gasteiger partial charge in [0, 0.05) is 25.7 Å². The topological polar surface area (TPSA) is 76.7 Å². The van der Waals surface area contributed by atoms with Crippen LogP contribution in [0.3, 0.4) is 0 Å². The van der Waals surface area contributed by atoms with Crippen molar-refractivity contribution in [3.8, 4) is 0 Å². The van der Waals surface area contributed by atoms with E-state index < -0.39 is 0 Å². The summed E-state index contributed by atoms with van der Waals surface area (Å²) in [5.74, 6) is 0.468. The molecule has 4 heterocycles. The number of hydrogen-bond donors (Lipinski definition) is 2. The third kappa shape index (κ3) is 4.48. The SMILES string of the molecule is Cc1c(F)cccc1CN1CCC(Cc2ccn3ncc(N4CCC(=O)NC4=N)c3c2)CC1. The van der Waals surface area contributed by atoms with E-state index in [1.54, 1.807) is 17.2 Å². The van der Waals surface area contributed by atoms with E-state index >= 15 is 0 Å². The van der Waals surface area contributed by atoms with Crippen LogP contribution in [0, 0.1) is 24.1 Å². The number of anilines is 1. The number of nitrogens with one attached hydrogen (secondary N) is 2. The molecule has 2 aliphatic rings. The highest BCUT2D eigenvalue weighted by atomic mass is 19.1. The summed E-state index contributed by atoms with van der Waals surface area (Å²) in [5.41, 5.74) is 4.89. The Bertz CT molecular complexity index is 1200. The normalized spacial score (nSPS) is 18.2. The minimum Gasteiger partial charge on any atom is -0.309 e. The van der Waals surface area contributed by atoms with E-state index in [9.17, 15) is 9.18 Å². The molecule has 7 nitrogen and oxygen atoms in total. The van der Waals surface area contributed by atoms with E-state index in [0.717, 1.165) is 61.2 Å². The molecule has 172 valence electrons. The van der Waals surface area contributed by atoms with Crippen molar-refractivity contribution in [1.82, 2.24) is 19.8 Å². The molecule has 2 aromatic heterocycles. The van der Waals surface area contributed by atoms with Crippen LogP contribution in [0.4, 0.5) is 10.1 Å². The largest absolute Gasteiger partial charge is 0.309 e. The van der Waals surface area contributed by atoms with Crippen LogP contribution in [-0.4, -0.2) is 46.0 Å². The van der Waals surface area contributed by atoms with Crippen molar-refractivity contribution in [2.45, 2.75) is 39.2 Å². The second kappa shape index (κ2) is 8.94. The molecule has 3 aromatic rings. The molecule has 5 rings (SSSR count). The fourth-order valence-electron chi connectivity index (χ4n) is 4.92. The van der Waals surface area contributed by atoms with Crippen molar-refractivity contribution in [1.29, 1.82) is 5.41 Å². The molecule has 0 aliphatic carbocycles. The summed E-state index contributed by atoms with van der Waals surface area (Å²) in [4.78, 5) is 15.8. The summed E-state index contributed by atoms with van der Waals surface area (Å²) in [6.45, 7) is 5.19. The number of hydrogen-bond acceptors (Lipinski definition) is 4. The van der Waals surface area contributed by atoms with Gasteiger partial charge in [-0.15, -0.1) is 0 Å². The molecule has 2 aliphatic heterocycles. The molecule has 2 N–H and O–H groups in total. The summed E-state index contributed by atoms with van der Waals surface area (Å²) in [7, 11) is 0. The van der Waals surface area contributed by atoms with Gasteiger partial charge in [-0.25, -0.2) is 8.91 Å². The molecule has 33 heavy (non-hydrogen) atoms. The average Bonchev–Trinajstić information content (AvgIpc) is 3.21. The van der Waals surface area contributed by atoms with Crippen LogP contribution >= 0.6 is 0 Å². The number of amides is 1. The molecular weight excluding hydrogens is 419 g/mol. The lowest BCUT2D eigenvalue weighted by atomic mass is 9.90. The molecular formula is C25H29FN6O.